The molecule has 5 heteroatoms. The van der Waals surface area contributed by atoms with Gasteiger partial charge in [0.05, 0.1) is 0 Å². The third kappa shape index (κ3) is 2.70. The van der Waals surface area contributed by atoms with E-state index < -0.39 is 18.0 Å². The predicted octanol–water partition coefficient (Wildman–Crippen LogP) is 0.423. The average Bonchev–Trinajstić information content (AvgIpc) is 2.18. The fraction of sp³-hybridized carbons (Fsp3) is 0.200. The summed E-state index contributed by atoms with van der Waals surface area (Å²) in [6.45, 7) is 1.36. The zero-order chi connectivity index (χ0) is 11.4. The van der Waals surface area contributed by atoms with Gasteiger partial charge in [-0.1, -0.05) is 12.1 Å². The van der Waals surface area contributed by atoms with Crippen LogP contribution in [0.25, 0.3) is 0 Å². The van der Waals surface area contributed by atoms with Crippen molar-refractivity contribution in [3.63, 3.8) is 0 Å². The van der Waals surface area contributed by atoms with Crippen molar-refractivity contribution in [3.8, 4) is 5.75 Å². The molecule has 0 spiro atoms. The molecular weight excluding hydrogens is 198 g/mol. The van der Waals surface area contributed by atoms with Crippen molar-refractivity contribution in [2.24, 2.45) is 5.73 Å². The van der Waals surface area contributed by atoms with Gasteiger partial charge in [0.2, 0.25) is 0 Å². The van der Waals surface area contributed by atoms with Crippen LogP contribution in [-0.4, -0.2) is 23.1 Å². The molecule has 0 bridgehead atoms. The SMILES string of the molecule is CC(OC(=O)c1ccccc1O)C(N)=O. The van der Waals surface area contributed by atoms with E-state index in [4.69, 9.17) is 10.5 Å². The summed E-state index contributed by atoms with van der Waals surface area (Å²) < 4.78 is 4.71. The van der Waals surface area contributed by atoms with E-state index in [2.05, 4.69) is 0 Å². The van der Waals surface area contributed by atoms with Gasteiger partial charge in [-0.3, -0.25) is 4.79 Å². The summed E-state index contributed by atoms with van der Waals surface area (Å²) in [5.74, 6) is -1.71. The van der Waals surface area contributed by atoms with E-state index in [1.165, 1.54) is 19.1 Å². The fourth-order valence-electron chi connectivity index (χ4n) is 0.928. The minimum absolute atomic E-state index is 0.00519. The zero-order valence-corrected chi connectivity index (χ0v) is 8.14. The Bertz CT molecular complexity index is 389. The minimum Gasteiger partial charge on any atom is -0.507 e. The zero-order valence-electron chi connectivity index (χ0n) is 8.14. The number of ether oxygens (including phenoxy) is 1. The average molecular weight is 209 g/mol. The summed E-state index contributed by atoms with van der Waals surface area (Å²) in [5.41, 5.74) is 4.93. The number of phenolic OH excluding ortho intramolecular Hbond substituents is 1. The molecule has 0 heterocycles. The van der Waals surface area contributed by atoms with Crippen molar-refractivity contribution in [1.29, 1.82) is 0 Å². The monoisotopic (exact) mass is 209 g/mol. The van der Waals surface area contributed by atoms with Gasteiger partial charge in [-0.2, -0.15) is 0 Å². The number of esters is 1. The topological polar surface area (TPSA) is 89.6 Å². The molecule has 80 valence electrons. The summed E-state index contributed by atoms with van der Waals surface area (Å²) in [5, 5.41) is 9.32. The number of hydrogen-bond acceptors (Lipinski definition) is 4. The number of para-hydroxylation sites is 1. The summed E-state index contributed by atoms with van der Waals surface area (Å²) in [6.07, 6.45) is -1.02. The molecule has 0 fully saturated rings. The second kappa shape index (κ2) is 4.45. The number of rotatable bonds is 3. The van der Waals surface area contributed by atoms with Gasteiger partial charge in [-0.15, -0.1) is 0 Å². The van der Waals surface area contributed by atoms with Crippen LogP contribution < -0.4 is 5.73 Å². The van der Waals surface area contributed by atoms with E-state index >= 15 is 0 Å². The quantitative estimate of drug-likeness (QED) is 0.706. The number of phenols is 1. The molecule has 0 aromatic heterocycles. The standard InChI is InChI=1S/C10H11NO4/c1-6(9(11)13)15-10(14)7-4-2-3-5-8(7)12/h2-6,12H,1H3,(H2,11,13). The number of aromatic hydroxyl groups is 1. The van der Waals surface area contributed by atoms with Gasteiger partial charge in [-0.25, -0.2) is 4.79 Å². The molecule has 1 amide bonds. The number of carbonyl (C=O) groups is 2. The lowest BCUT2D eigenvalue weighted by Gasteiger charge is -2.09. The molecule has 0 saturated carbocycles. The molecule has 0 aliphatic rings. The highest BCUT2D eigenvalue weighted by molar-refractivity contribution is 5.94. The first-order valence-electron chi connectivity index (χ1n) is 4.30. The molecule has 5 nitrogen and oxygen atoms in total. The van der Waals surface area contributed by atoms with Gasteiger partial charge < -0.3 is 15.6 Å². The van der Waals surface area contributed by atoms with Crippen LogP contribution in [0.4, 0.5) is 0 Å². The lowest BCUT2D eigenvalue weighted by Crippen LogP contribution is -2.30. The van der Waals surface area contributed by atoms with Crippen LogP contribution in [-0.2, 0) is 9.53 Å². The van der Waals surface area contributed by atoms with Crippen molar-refractivity contribution in [1.82, 2.24) is 0 Å². The molecule has 1 rings (SSSR count). The van der Waals surface area contributed by atoms with Gasteiger partial charge in [0, 0.05) is 0 Å². The van der Waals surface area contributed by atoms with Crippen LogP contribution in [0.15, 0.2) is 24.3 Å². The van der Waals surface area contributed by atoms with E-state index in [0.717, 1.165) is 0 Å². The van der Waals surface area contributed by atoms with Crippen molar-refractivity contribution in [2.45, 2.75) is 13.0 Å². The van der Waals surface area contributed by atoms with E-state index in [1.807, 2.05) is 0 Å². The summed E-state index contributed by atoms with van der Waals surface area (Å²) in [7, 11) is 0. The molecule has 0 saturated heterocycles. The van der Waals surface area contributed by atoms with E-state index in [-0.39, 0.29) is 11.3 Å². The van der Waals surface area contributed by atoms with Crippen LogP contribution in [0.2, 0.25) is 0 Å². The Morgan fingerprint density at radius 3 is 2.53 bits per heavy atom. The molecule has 15 heavy (non-hydrogen) atoms. The van der Waals surface area contributed by atoms with Crippen LogP contribution in [0.5, 0.6) is 5.75 Å². The number of benzene rings is 1. The molecule has 0 aliphatic heterocycles. The smallest absolute Gasteiger partial charge is 0.342 e. The van der Waals surface area contributed by atoms with Crippen LogP contribution in [0, 0.1) is 0 Å². The van der Waals surface area contributed by atoms with Gasteiger partial charge in [0.15, 0.2) is 6.10 Å². The maximum Gasteiger partial charge on any atom is 0.342 e. The molecule has 1 aromatic carbocycles. The highest BCUT2D eigenvalue weighted by atomic mass is 16.5. The Balaban J connectivity index is 2.78. The summed E-state index contributed by atoms with van der Waals surface area (Å²) in [6, 6.07) is 5.89. The number of amides is 1. The van der Waals surface area contributed by atoms with E-state index in [0.29, 0.717) is 0 Å². The Hall–Kier alpha value is -2.04. The third-order valence-electron chi connectivity index (χ3n) is 1.81. The Morgan fingerprint density at radius 2 is 2.00 bits per heavy atom. The maximum atomic E-state index is 11.4. The minimum atomic E-state index is -1.02. The van der Waals surface area contributed by atoms with Crippen molar-refractivity contribution < 1.29 is 19.4 Å². The second-order valence-corrected chi connectivity index (χ2v) is 2.97. The third-order valence-corrected chi connectivity index (χ3v) is 1.81. The predicted molar refractivity (Wildman–Crippen MR) is 52.2 cm³/mol. The van der Waals surface area contributed by atoms with Crippen molar-refractivity contribution in [2.75, 3.05) is 0 Å². The van der Waals surface area contributed by atoms with Crippen LogP contribution in [0.3, 0.4) is 0 Å². The van der Waals surface area contributed by atoms with Crippen LogP contribution in [0.1, 0.15) is 17.3 Å². The van der Waals surface area contributed by atoms with Gasteiger partial charge in [0.25, 0.3) is 5.91 Å². The number of hydrogen-bond donors (Lipinski definition) is 2. The highest BCUT2D eigenvalue weighted by Crippen LogP contribution is 2.17. The van der Waals surface area contributed by atoms with Crippen molar-refractivity contribution >= 4 is 11.9 Å². The Kier molecular flexibility index (Phi) is 3.28. The largest absolute Gasteiger partial charge is 0.507 e. The lowest BCUT2D eigenvalue weighted by molar-refractivity contribution is -0.125. The molecule has 3 N–H and O–H groups in total. The molecule has 1 atom stereocenters. The van der Waals surface area contributed by atoms with Crippen molar-refractivity contribution in [3.05, 3.63) is 29.8 Å². The number of carbonyl (C=O) groups excluding carboxylic acids is 2. The molecule has 1 unspecified atom stereocenters. The summed E-state index contributed by atoms with van der Waals surface area (Å²) in [4.78, 5) is 22.0. The molecule has 1 aromatic rings. The normalized spacial score (nSPS) is 11.8. The molecular formula is C10H11NO4. The molecule has 0 radical (unpaired) electrons. The summed E-state index contributed by atoms with van der Waals surface area (Å²) >= 11 is 0. The Labute approximate surface area is 86.5 Å². The highest BCUT2D eigenvalue weighted by Gasteiger charge is 2.18. The number of nitrogens with two attached hydrogens (primary N) is 1. The van der Waals surface area contributed by atoms with Gasteiger partial charge >= 0.3 is 5.97 Å². The first kappa shape index (κ1) is 11.0. The first-order valence-corrected chi connectivity index (χ1v) is 4.30. The first-order chi connectivity index (χ1) is 7.02. The lowest BCUT2D eigenvalue weighted by atomic mass is 10.2. The van der Waals surface area contributed by atoms with Gasteiger partial charge in [-0.05, 0) is 19.1 Å². The maximum absolute atomic E-state index is 11.4. The fourth-order valence-corrected chi connectivity index (χ4v) is 0.928. The van der Waals surface area contributed by atoms with E-state index in [9.17, 15) is 14.7 Å². The van der Waals surface area contributed by atoms with E-state index in [1.54, 1.807) is 12.1 Å². The molecule has 0 aliphatic carbocycles. The Morgan fingerprint density at radius 1 is 1.40 bits per heavy atom. The second-order valence-electron chi connectivity index (χ2n) is 2.97. The van der Waals surface area contributed by atoms with Gasteiger partial charge in [0.1, 0.15) is 11.3 Å². The number of primary amides is 1. The van der Waals surface area contributed by atoms with Crippen LogP contribution >= 0.6 is 0 Å².